The van der Waals surface area contributed by atoms with Crippen molar-refractivity contribution in [2.24, 2.45) is 0 Å². The lowest BCUT2D eigenvalue weighted by atomic mass is 10.0. The van der Waals surface area contributed by atoms with E-state index in [-0.39, 0.29) is 22.6 Å². The number of para-hydroxylation sites is 1. The summed E-state index contributed by atoms with van der Waals surface area (Å²) in [7, 11) is 1.19. The Hall–Kier alpha value is -2.70. The molecule has 0 aliphatic heterocycles. The number of esters is 1. The molecule has 0 saturated carbocycles. The number of halogens is 3. The molecule has 7 heteroatoms. The standard InChI is InChI=1S/C15H12F3NO3/c1-21-14(20)11-8-9(6-7-12(11)19)10-4-2-3-5-13(10)22-15(16,17)18/h2-8H,19H2,1H3. The first-order valence-corrected chi connectivity index (χ1v) is 6.15. The van der Waals surface area contributed by atoms with E-state index in [1.807, 2.05) is 0 Å². The van der Waals surface area contributed by atoms with E-state index >= 15 is 0 Å². The molecule has 116 valence electrons. The number of hydrogen-bond donors (Lipinski definition) is 1. The van der Waals surface area contributed by atoms with Crippen molar-refractivity contribution < 1.29 is 27.4 Å². The quantitative estimate of drug-likeness (QED) is 0.694. The van der Waals surface area contributed by atoms with Crippen molar-refractivity contribution in [2.45, 2.75) is 6.36 Å². The van der Waals surface area contributed by atoms with Gasteiger partial charge in [-0.1, -0.05) is 24.3 Å². The molecule has 0 amide bonds. The van der Waals surface area contributed by atoms with Crippen LogP contribution in [-0.2, 0) is 4.74 Å². The molecule has 0 aromatic heterocycles. The van der Waals surface area contributed by atoms with Crippen LogP contribution in [0.1, 0.15) is 10.4 Å². The largest absolute Gasteiger partial charge is 0.573 e. The lowest BCUT2D eigenvalue weighted by molar-refractivity contribution is -0.274. The molecule has 0 atom stereocenters. The molecule has 4 nitrogen and oxygen atoms in total. The topological polar surface area (TPSA) is 61.5 Å². The van der Waals surface area contributed by atoms with Crippen LogP contribution in [0, 0.1) is 0 Å². The summed E-state index contributed by atoms with van der Waals surface area (Å²) < 4.78 is 45.9. The Balaban J connectivity index is 2.51. The second-order valence-corrected chi connectivity index (χ2v) is 4.34. The van der Waals surface area contributed by atoms with Gasteiger partial charge < -0.3 is 15.2 Å². The summed E-state index contributed by atoms with van der Waals surface area (Å²) >= 11 is 0. The van der Waals surface area contributed by atoms with Crippen molar-refractivity contribution in [1.82, 2.24) is 0 Å². The zero-order valence-electron chi connectivity index (χ0n) is 11.5. The Morgan fingerprint density at radius 1 is 1.14 bits per heavy atom. The van der Waals surface area contributed by atoms with Gasteiger partial charge in [0.2, 0.25) is 0 Å². The molecule has 0 aliphatic rings. The first kappa shape index (κ1) is 15.7. The number of alkyl halides is 3. The van der Waals surface area contributed by atoms with Gasteiger partial charge in [0.25, 0.3) is 0 Å². The highest BCUT2D eigenvalue weighted by atomic mass is 19.4. The Bertz CT molecular complexity index is 699. The summed E-state index contributed by atoms with van der Waals surface area (Å²) in [5.41, 5.74) is 6.46. The Morgan fingerprint density at radius 2 is 1.82 bits per heavy atom. The van der Waals surface area contributed by atoms with E-state index in [0.29, 0.717) is 5.56 Å². The Labute approximate surface area is 124 Å². The number of ether oxygens (including phenoxy) is 2. The van der Waals surface area contributed by atoms with Gasteiger partial charge in [0.05, 0.1) is 12.7 Å². The molecule has 22 heavy (non-hydrogen) atoms. The molecule has 2 aromatic rings. The van der Waals surface area contributed by atoms with E-state index in [9.17, 15) is 18.0 Å². The fourth-order valence-electron chi connectivity index (χ4n) is 1.93. The van der Waals surface area contributed by atoms with Crippen LogP contribution in [0.2, 0.25) is 0 Å². The predicted octanol–water partition coefficient (Wildman–Crippen LogP) is 3.62. The predicted molar refractivity (Wildman–Crippen MR) is 74.3 cm³/mol. The molecule has 2 aromatic carbocycles. The van der Waals surface area contributed by atoms with E-state index in [0.717, 1.165) is 0 Å². The van der Waals surface area contributed by atoms with Crippen LogP contribution >= 0.6 is 0 Å². The Morgan fingerprint density at radius 3 is 2.45 bits per heavy atom. The van der Waals surface area contributed by atoms with E-state index in [2.05, 4.69) is 9.47 Å². The van der Waals surface area contributed by atoms with Crippen molar-refractivity contribution >= 4 is 11.7 Å². The molecule has 0 heterocycles. The van der Waals surface area contributed by atoms with Crippen LogP contribution < -0.4 is 10.5 Å². The number of methoxy groups -OCH3 is 1. The van der Waals surface area contributed by atoms with Gasteiger partial charge in [0.15, 0.2) is 0 Å². The third-order valence-electron chi connectivity index (χ3n) is 2.88. The fraction of sp³-hybridized carbons (Fsp3) is 0.133. The average Bonchev–Trinajstić information content (AvgIpc) is 2.46. The van der Waals surface area contributed by atoms with Gasteiger partial charge in [-0.3, -0.25) is 0 Å². The number of rotatable bonds is 3. The summed E-state index contributed by atoms with van der Waals surface area (Å²) in [6.07, 6.45) is -4.81. The first-order valence-electron chi connectivity index (χ1n) is 6.15. The van der Waals surface area contributed by atoms with Gasteiger partial charge in [-0.15, -0.1) is 13.2 Å². The van der Waals surface area contributed by atoms with Crippen LogP contribution in [0.5, 0.6) is 5.75 Å². The zero-order valence-corrected chi connectivity index (χ0v) is 11.5. The van der Waals surface area contributed by atoms with Crippen molar-refractivity contribution in [3.05, 3.63) is 48.0 Å². The summed E-state index contributed by atoms with van der Waals surface area (Å²) in [6, 6.07) is 9.91. The molecule has 0 spiro atoms. The second-order valence-electron chi connectivity index (χ2n) is 4.34. The molecular formula is C15H12F3NO3. The van der Waals surface area contributed by atoms with Crippen molar-refractivity contribution in [2.75, 3.05) is 12.8 Å². The molecule has 0 saturated heterocycles. The maximum Gasteiger partial charge on any atom is 0.573 e. The average molecular weight is 311 g/mol. The maximum atomic E-state index is 12.4. The number of anilines is 1. The number of nitrogen functional groups attached to an aromatic ring is 1. The van der Waals surface area contributed by atoms with Crippen molar-refractivity contribution in [3.8, 4) is 16.9 Å². The zero-order chi connectivity index (χ0) is 16.3. The first-order chi connectivity index (χ1) is 10.3. The lowest BCUT2D eigenvalue weighted by Crippen LogP contribution is -2.17. The number of nitrogens with two attached hydrogens (primary N) is 1. The van der Waals surface area contributed by atoms with E-state index in [1.165, 1.54) is 43.5 Å². The molecule has 0 aliphatic carbocycles. The van der Waals surface area contributed by atoms with Crippen molar-refractivity contribution in [3.63, 3.8) is 0 Å². The molecular weight excluding hydrogens is 299 g/mol. The normalized spacial score (nSPS) is 11.1. The van der Waals surface area contributed by atoms with Gasteiger partial charge in [0, 0.05) is 11.3 Å². The minimum absolute atomic E-state index is 0.0711. The number of carbonyl (C=O) groups excluding carboxylic acids is 1. The van der Waals surface area contributed by atoms with Gasteiger partial charge in [-0.25, -0.2) is 4.79 Å². The highest BCUT2D eigenvalue weighted by molar-refractivity contribution is 5.96. The monoisotopic (exact) mass is 311 g/mol. The highest BCUT2D eigenvalue weighted by Gasteiger charge is 2.32. The minimum Gasteiger partial charge on any atom is -0.465 e. The van der Waals surface area contributed by atoms with Gasteiger partial charge >= 0.3 is 12.3 Å². The molecule has 2 rings (SSSR count). The SMILES string of the molecule is COC(=O)c1cc(-c2ccccc2OC(F)(F)F)ccc1N. The molecule has 2 N–H and O–H groups in total. The van der Waals surface area contributed by atoms with E-state index in [1.54, 1.807) is 6.07 Å². The van der Waals surface area contributed by atoms with Gasteiger partial charge in [-0.05, 0) is 23.8 Å². The van der Waals surface area contributed by atoms with Gasteiger partial charge in [0.1, 0.15) is 5.75 Å². The van der Waals surface area contributed by atoms with Crippen LogP contribution in [-0.4, -0.2) is 19.4 Å². The number of hydrogen-bond acceptors (Lipinski definition) is 4. The van der Waals surface area contributed by atoms with Gasteiger partial charge in [-0.2, -0.15) is 0 Å². The summed E-state index contributed by atoms with van der Waals surface area (Å²) in [5.74, 6) is -1.04. The van der Waals surface area contributed by atoms with E-state index < -0.39 is 12.3 Å². The number of benzene rings is 2. The third-order valence-corrected chi connectivity index (χ3v) is 2.88. The highest BCUT2D eigenvalue weighted by Crippen LogP contribution is 2.34. The van der Waals surface area contributed by atoms with Crippen LogP contribution in [0.25, 0.3) is 11.1 Å². The third kappa shape index (κ3) is 3.49. The van der Waals surface area contributed by atoms with Crippen LogP contribution in [0.15, 0.2) is 42.5 Å². The molecule has 0 radical (unpaired) electrons. The fourth-order valence-corrected chi connectivity index (χ4v) is 1.93. The smallest absolute Gasteiger partial charge is 0.465 e. The molecule has 0 bridgehead atoms. The second kappa shape index (κ2) is 5.97. The maximum absolute atomic E-state index is 12.4. The van der Waals surface area contributed by atoms with Crippen LogP contribution in [0.4, 0.5) is 18.9 Å². The lowest BCUT2D eigenvalue weighted by Gasteiger charge is -2.14. The van der Waals surface area contributed by atoms with Crippen molar-refractivity contribution in [1.29, 1.82) is 0 Å². The minimum atomic E-state index is -4.81. The molecule has 0 unspecified atom stereocenters. The van der Waals surface area contributed by atoms with Crippen LogP contribution in [0.3, 0.4) is 0 Å². The number of carbonyl (C=O) groups is 1. The summed E-state index contributed by atoms with van der Waals surface area (Å²) in [6.45, 7) is 0. The summed E-state index contributed by atoms with van der Waals surface area (Å²) in [4.78, 5) is 11.6. The Kier molecular flexibility index (Phi) is 4.25. The molecule has 0 fully saturated rings. The summed E-state index contributed by atoms with van der Waals surface area (Å²) in [5, 5.41) is 0. The van der Waals surface area contributed by atoms with E-state index in [4.69, 9.17) is 5.73 Å².